The summed E-state index contributed by atoms with van der Waals surface area (Å²) in [5.74, 6) is -15.6. The number of halogens is 2. The Balaban J connectivity index is 0.876. The SMILES string of the molecule is CN(C)CCCNC(=O)C1O[C@@H](Oc2c3cc4cc2Oc2ccc(cc2Cl)[C@@H](O)C2NC(=O)[C@H](NC(=O)[C@@H]4NC(=O)[C@H]4NC(=O)[C@@H](Cc5ccc(cc5)O3)NC(=O)[C@H](N(C)Cc3ccc5ccccc5c3)c3ccc(O)c(c3)Oc3cc(O)c(Cl)c4c3)c3ccc(O)c(c3)-c3c(O[C@H]4O[C@H](CO)[C@@H](O)[C@H](O)[C@@H]4O)cc(O)cc3[C@@H](C(=O)NCCCN(C)C)NC2=O)C(NCc2ccc3ccccc3c2)[C@@H](O)C1O. The minimum absolute atomic E-state index is 0.0668. The van der Waals surface area contributed by atoms with E-state index < -0.39 is 254 Å². The average molecular weight is 2000 g/mol. The van der Waals surface area contributed by atoms with Crippen molar-refractivity contribution in [2.75, 3.05) is 68.0 Å². The van der Waals surface area contributed by atoms with Crippen molar-refractivity contribution in [2.24, 2.45) is 0 Å². The maximum absolute atomic E-state index is 17.2. The number of likely N-dealkylation sites (N-methyl/N-ethyl adjacent to an activating group) is 1. The van der Waals surface area contributed by atoms with Gasteiger partial charge in [0.05, 0.1) is 22.7 Å². The van der Waals surface area contributed by atoms with Gasteiger partial charge < -0.3 is 147 Å². The Morgan fingerprint density at radius 1 is 0.476 bits per heavy atom. The summed E-state index contributed by atoms with van der Waals surface area (Å²) in [5.41, 5.74) is -0.989. The molecule has 2 saturated heterocycles. The lowest BCUT2D eigenvalue weighted by Gasteiger charge is -2.42. The summed E-state index contributed by atoms with van der Waals surface area (Å²) in [6.45, 7) is -0.0213. The molecular weight excluding hydrogens is 1890 g/mol. The van der Waals surface area contributed by atoms with Gasteiger partial charge in [0.1, 0.15) is 125 Å². The van der Waals surface area contributed by atoms with Crippen LogP contribution in [0.25, 0.3) is 32.7 Å². The maximum Gasteiger partial charge on any atom is 0.252 e. The molecule has 143 heavy (non-hydrogen) atoms. The van der Waals surface area contributed by atoms with E-state index in [1.54, 1.807) is 26.0 Å². The first-order chi connectivity index (χ1) is 68.6. The first kappa shape index (κ1) is 100. The monoisotopic (exact) mass is 2000 g/mol. The topological polar surface area (TPSA) is 542 Å². The van der Waals surface area contributed by atoms with E-state index in [-0.39, 0.29) is 65.9 Å². The van der Waals surface area contributed by atoms with Crippen LogP contribution in [0.15, 0.2) is 200 Å². The third-order valence-corrected chi connectivity index (χ3v) is 26.5. The number of phenols is 4. The van der Waals surface area contributed by atoms with E-state index in [1.165, 1.54) is 54.6 Å². The molecule has 0 radical (unpaired) electrons. The highest BCUT2D eigenvalue weighted by atomic mass is 35.5. The van der Waals surface area contributed by atoms with E-state index in [4.69, 9.17) is 56.4 Å². The molecule has 17 bridgehead atoms. The smallest absolute Gasteiger partial charge is 0.252 e. The molecule has 8 amide bonds. The molecule has 0 aliphatic carbocycles. The van der Waals surface area contributed by atoms with E-state index in [0.717, 1.165) is 87.8 Å². The third kappa shape index (κ3) is 22.0. The van der Waals surface area contributed by atoms with Gasteiger partial charge in [-0.25, -0.2) is 0 Å². The fourth-order valence-electron chi connectivity index (χ4n) is 18.3. The van der Waals surface area contributed by atoms with Crippen molar-refractivity contribution >= 4 is 92.0 Å². The Labute approximate surface area is 828 Å². The molecule has 11 aromatic rings. The largest absolute Gasteiger partial charge is 0.508 e. The highest BCUT2D eigenvalue weighted by Crippen LogP contribution is 2.51. The summed E-state index contributed by atoms with van der Waals surface area (Å²) in [7, 11) is 8.89. The Bertz CT molecular complexity index is 6700. The Kier molecular flexibility index (Phi) is 30.2. The fourth-order valence-corrected chi connectivity index (χ4v) is 18.8. The minimum Gasteiger partial charge on any atom is -0.508 e. The summed E-state index contributed by atoms with van der Waals surface area (Å²) < 4.78 is 46.3. The van der Waals surface area contributed by atoms with Gasteiger partial charge in [-0.2, -0.15) is 0 Å². The second-order valence-corrected chi connectivity index (χ2v) is 37.3. The van der Waals surface area contributed by atoms with E-state index in [2.05, 4.69) is 47.9 Å². The number of carbonyl (C=O) groups excluding carboxylic acids is 8. The standard InChI is InChI=1S/C103H106Cl2N12O26/c1-115(2)32-10-30-106-95(130)81-64-42-60(119)43-73(140-103-91(128)89(126)87(124)76(48-118)141-103)77(64)63-37-56(22-27-68(63)120)79-96(131)114-83(99(134)113-81)86(123)58-24-29-71(66(104)38-58)139-75-41-59-40-74(92(75)142-102-84(108-46-50-16-20-52-12-6-8-14-54(52)34-50)88(125)90(127)93(143-102)101(136)107-31-11-33-116(3)4)137-61-25-18-49(19-26-61)36-67-94(129)112-82(98(133)111-80(59)97(132)110-79)65-44-62(45-70(122)78(65)105)138-72-39-57(23-28-69(72)121)85(100(135)109-67)117(5)47-51-17-21-53-13-7-9-15-55(53)35-51/h6-9,12-29,34-35,37-45,67,76,79-91,93,102-103,108,118-128H,10-11,30-33,36,46-48H2,1-5H3,(H,106,130)(H,107,136)(H,109,135)(H,110,132)(H,111,133)(H,112,129)(H,113,134)(H,114,131)/t67-,76-,79-,80-,81+,82+,83?,84?,85-,86-,87-,88-,89+,90?,91+,93?,102-,103+/m1/s1. The highest BCUT2D eigenvalue weighted by molar-refractivity contribution is 6.33. The van der Waals surface area contributed by atoms with E-state index in [9.17, 15) is 61.0 Å². The number of nitrogens with one attached hydrogen (secondary N) is 9. The molecule has 2 fully saturated rings. The first-order valence-electron chi connectivity index (χ1n) is 46.1. The molecule has 20 N–H and O–H groups in total. The predicted molar refractivity (Wildman–Crippen MR) is 518 cm³/mol. The van der Waals surface area contributed by atoms with Crippen molar-refractivity contribution in [1.82, 2.24) is 62.6 Å². The second-order valence-electron chi connectivity index (χ2n) is 36.5. The molecule has 4 unspecified atom stereocenters. The highest BCUT2D eigenvalue weighted by Gasteiger charge is 2.51. The fraction of sp³-hybridized carbons (Fsp3) is 0.320. The van der Waals surface area contributed by atoms with Crippen molar-refractivity contribution in [3.63, 3.8) is 0 Å². The first-order valence-corrected chi connectivity index (χ1v) is 46.9. The number of amides is 8. The van der Waals surface area contributed by atoms with Gasteiger partial charge in [-0.3, -0.25) is 43.3 Å². The van der Waals surface area contributed by atoms with Gasteiger partial charge in [0.15, 0.2) is 29.1 Å². The number of carbonyl (C=O) groups is 8. The van der Waals surface area contributed by atoms with Crippen LogP contribution in [0.2, 0.25) is 10.0 Å². The molecular formula is C103H106Cl2N12O26. The van der Waals surface area contributed by atoms with Gasteiger partial charge in [-0.15, -0.1) is 0 Å². The second kappa shape index (κ2) is 43.0. The zero-order chi connectivity index (χ0) is 101. The van der Waals surface area contributed by atoms with E-state index in [1.807, 2.05) is 109 Å². The summed E-state index contributed by atoms with van der Waals surface area (Å²) in [6, 6.07) is 33.7. The molecule has 19 rings (SSSR count). The van der Waals surface area contributed by atoms with Gasteiger partial charge in [-0.1, -0.05) is 126 Å². The number of aromatic hydroxyl groups is 4. The number of aliphatic hydroxyl groups is 7. The number of hydrogen-bond donors (Lipinski definition) is 20. The van der Waals surface area contributed by atoms with Gasteiger partial charge in [0.25, 0.3) is 5.91 Å². The number of benzene rings is 11. The van der Waals surface area contributed by atoms with Gasteiger partial charge >= 0.3 is 0 Å². The molecule has 748 valence electrons. The normalized spacial score (nSPS) is 24.5. The zero-order valence-electron chi connectivity index (χ0n) is 77.7. The van der Waals surface area contributed by atoms with Crippen LogP contribution in [0.3, 0.4) is 0 Å². The van der Waals surface area contributed by atoms with Crippen molar-refractivity contribution < 1.29 is 128 Å². The van der Waals surface area contributed by atoms with Crippen LogP contribution in [0.5, 0.6) is 69.0 Å². The lowest BCUT2D eigenvalue weighted by atomic mass is 9.89. The molecule has 8 aliphatic rings. The van der Waals surface area contributed by atoms with Crippen LogP contribution >= 0.6 is 23.2 Å². The number of aliphatic hydroxyl groups excluding tert-OH is 7. The third-order valence-electron chi connectivity index (χ3n) is 25.8. The quantitative estimate of drug-likeness (QED) is 0.0352. The molecule has 8 aliphatic heterocycles. The van der Waals surface area contributed by atoms with Crippen molar-refractivity contribution in [2.45, 2.75) is 142 Å². The molecule has 40 heteroatoms. The van der Waals surface area contributed by atoms with Crippen LogP contribution in [0.4, 0.5) is 0 Å². The van der Waals surface area contributed by atoms with Crippen LogP contribution < -0.4 is 71.5 Å². The number of nitrogens with zero attached hydrogens (tertiary/aromatic N) is 3. The summed E-state index contributed by atoms with van der Waals surface area (Å²) >= 11 is 14.6. The lowest BCUT2D eigenvalue weighted by molar-refractivity contribution is -0.277. The van der Waals surface area contributed by atoms with E-state index >= 15 is 33.6 Å². The van der Waals surface area contributed by atoms with Crippen molar-refractivity contribution in [1.29, 1.82) is 0 Å². The van der Waals surface area contributed by atoms with Gasteiger partial charge in [-0.05, 0) is 212 Å². The maximum atomic E-state index is 17.2. The molecule has 8 heterocycles. The summed E-state index contributed by atoms with van der Waals surface area (Å²) in [6.07, 6.45) is -19.7. The summed E-state index contributed by atoms with van der Waals surface area (Å²) in [5, 5.41) is 158. The van der Waals surface area contributed by atoms with Crippen LogP contribution in [0, 0.1) is 0 Å². The number of phenolic OH excluding ortho intramolecular Hbond substituents is 4. The van der Waals surface area contributed by atoms with E-state index in [0.29, 0.717) is 37.1 Å². The molecule has 11 aromatic carbocycles. The Morgan fingerprint density at radius 3 is 1.77 bits per heavy atom. The molecule has 18 atom stereocenters. The number of rotatable bonds is 21. The minimum atomic E-state index is -2.43. The van der Waals surface area contributed by atoms with Crippen LogP contribution in [0.1, 0.15) is 99.2 Å². The molecule has 0 aromatic heterocycles. The number of fused-ring (bicyclic) bond motifs is 16. The van der Waals surface area contributed by atoms with Crippen molar-refractivity contribution in [3.8, 4) is 80.1 Å². The van der Waals surface area contributed by atoms with Crippen LogP contribution in [-0.2, 0) is 67.3 Å². The molecule has 0 spiro atoms. The lowest BCUT2D eigenvalue weighted by Crippen LogP contribution is -2.66. The molecule has 38 nitrogen and oxygen atoms in total. The zero-order valence-corrected chi connectivity index (χ0v) is 79.2. The number of ether oxygens (including phenoxy) is 7. The van der Waals surface area contributed by atoms with Crippen molar-refractivity contribution in [3.05, 3.63) is 260 Å². The Morgan fingerprint density at radius 2 is 1.08 bits per heavy atom. The predicted octanol–water partition coefficient (Wildman–Crippen LogP) is 6.27. The van der Waals surface area contributed by atoms with Gasteiger partial charge in [0.2, 0.25) is 59.7 Å². The molecule has 0 saturated carbocycles. The number of hydrogen-bond acceptors (Lipinski definition) is 30. The van der Waals surface area contributed by atoms with Gasteiger partial charge in [0, 0.05) is 61.4 Å². The van der Waals surface area contributed by atoms with Crippen LogP contribution in [-0.4, -0.2) is 260 Å². The average Bonchev–Trinajstić information content (AvgIpc) is 0.755. The summed E-state index contributed by atoms with van der Waals surface area (Å²) in [4.78, 5) is 134. The Hall–Kier alpha value is -14.0.